The van der Waals surface area contributed by atoms with Crippen molar-refractivity contribution in [2.45, 2.75) is 38.3 Å². The zero-order valence-electron chi connectivity index (χ0n) is 18.2. The second-order valence-corrected chi connectivity index (χ2v) is 8.47. The number of anilines is 1. The molecule has 0 amide bonds. The average Bonchev–Trinajstić information content (AvgIpc) is 3.27. The van der Waals surface area contributed by atoms with Crippen molar-refractivity contribution in [3.05, 3.63) is 65.7 Å². The Morgan fingerprint density at radius 3 is 2.67 bits per heavy atom. The standard InChI is InChI=1S/C25H34N4O/c1-19-10-12-20(13-11-19)24-21(7-6-16-30-24)17-27-25(26-2)28-22-14-15-29(18-22)23-8-4-3-5-9-23/h3-5,8-13,21-22,24H,6-7,14-18H2,1-2H3,(H2,26,27,28). The zero-order chi connectivity index (χ0) is 20.8. The Morgan fingerprint density at radius 2 is 1.90 bits per heavy atom. The van der Waals surface area contributed by atoms with E-state index in [1.54, 1.807) is 0 Å². The molecule has 0 spiro atoms. The fourth-order valence-corrected chi connectivity index (χ4v) is 4.54. The first-order valence-corrected chi connectivity index (χ1v) is 11.2. The van der Waals surface area contributed by atoms with E-state index in [0.717, 1.165) is 45.0 Å². The second kappa shape index (κ2) is 9.98. The Bertz CT molecular complexity index is 821. The molecule has 30 heavy (non-hydrogen) atoms. The van der Waals surface area contributed by atoms with Gasteiger partial charge in [-0.05, 0) is 43.9 Å². The topological polar surface area (TPSA) is 48.9 Å². The lowest BCUT2D eigenvalue weighted by atomic mass is 9.89. The molecule has 0 saturated carbocycles. The molecular weight excluding hydrogens is 372 g/mol. The molecule has 2 fully saturated rings. The summed E-state index contributed by atoms with van der Waals surface area (Å²) >= 11 is 0. The molecular formula is C25H34N4O. The van der Waals surface area contributed by atoms with Crippen molar-refractivity contribution in [2.75, 3.05) is 38.2 Å². The molecule has 2 aliphatic rings. The van der Waals surface area contributed by atoms with Gasteiger partial charge in [-0.25, -0.2) is 0 Å². The van der Waals surface area contributed by atoms with E-state index in [9.17, 15) is 0 Å². The Morgan fingerprint density at radius 1 is 1.10 bits per heavy atom. The Kier molecular flexibility index (Phi) is 6.90. The molecule has 0 radical (unpaired) electrons. The summed E-state index contributed by atoms with van der Waals surface area (Å²) in [5.41, 5.74) is 3.87. The van der Waals surface area contributed by atoms with Crippen molar-refractivity contribution in [3.63, 3.8) is 0 Å². The maximum Gasteiger partial charge on any atom is 0.191 e. The van der Waals surface area contributed by atoms with Crippen LogP contribution in [0.1, 0.15) is 36.5 Å². The molecule has 5 nitrogen and oxygen atoms in total. The number of rotatable bonds is 5. The summed E-state index contributed by atoms with van der Waals surface area (Å²) < 4.78 is 6.17. The molecule has 2 aliphatic heterocycles. The molecule has 4 rings (SSSR count). The number of aliphatic imine (C=N–C) groups is 1. The van der Waals surface area contributed by atoms with Gasteiger partial charge in [0.05, 0.1) is 6.10 Å². The van der Waals surface area contributed by atoms with E-state index in [4.69, 9.17) is 4.74 Å². The van der Waals surface area contributed by atoms with Gasteiger partial charge in [0, 0.05) is 50.9 Å². The van der Waals surface area contributed by atoms with Crippen LogP contribution in [0.5, 0.6) is 0 Å². The van der Waals surface area contributed by atoms with Crippen LogP contribution in [0.2, 0.25) is 0 Å². The minimum Gasteiger partial charge on any atom is -0.373 e. The molecule has 2 saturated heterocycles. The third-order valence-electron chi connectivity index (χ3n) is 6.26. The highest BCUT2D eigenvalue weighted by Crippen LogP contribution is 2.33. The number of para-hydroxylation sites is 1. The first-order chi connectivity index (χ1) is 14.7. The predicted molar refractivity (Wildman–Crippen MR) is 124 cm³/mol. The lowest BCUT2D eigenvalue weighted by Crippen LogP contribution is -2.46. The van der Waals surface area contributed by atoms with E-state index in [1.807, 2.05) is 7.05 Å². The van der Waals surface area contributed by atoms with Crippen molar-refractivity contribution in [1.29, 1.82) is 0 Å². The first-order valence-electron chi connectivity index (χ1n) is 11.2. The van der Waals surface area contributed by atoms with E-state index >= 15 is 0 Å². The molecule has 0 aromatic heterocycles. The average molecular weight is 407 g/mol. The molecule has 5 heteroatoms. The van der Waals surface area contributed by atoms with Crippen LogP contribution in [-0.4, -0.2) is 45.3 Å². The molecule has 2 aromatic carbocycles. The summed E-state index contributed by atoms with van der Waals surface area (Å²) in [5, 5.41) is 7.20. The van der Waals surface area contributed by atoms with Crippen LogP contribution in [0.3, 0.4) is 0 Å². The van der Waals surface area contributed by atoms with Gasteiger partial charge in [-0.1, -0.05) is 48.0 Å². The SMILES string of the molecule is CN=C(NCC1CCCOC1c1ccc(C)cc1)NC1CCN(c2ccccc2)C1. The molecule has 0 bridgehead atoms. The number of ether oxygens (including phenoxy) is 1. The highest BCUT2D eigenvalue weighted by Gasteiger charge is 2.28. The zero-order valence-corrected chi connectivity index (χ0v) is 18.2. The number of guanidine groups is 1. The predicted octanol–water partition coefficient (Wildman–Crippen LogP) is 3.91. The third kappa shape index (κ3) is 5.14. The van der Waals surface area contributed by atoms with E-state index in [2.05, 4.69) is 82.0 Å². The van der Waals surface area contributed by atoms with E-state index in [-0.39, 0.29) is 6.10 Å². The number of aryl methyl sites for hydroxylation is 1. The molecule has 2 N–H and O–H groups in total. The Labute approximate surface area is 180 Å². The number of nitrogens with zero attached hydrogens (tertiary/aromatic N) is 2. The molecule has 160 valence electrons. The van der Waals surface area contributed by atoms with Crippen LogP contribution in [0.4, 0.5) is 5.69 Å². The maximum atomic E-state index is 6.17. The van der Waals surface area contributed by atoms with Gasteiger partial charge >= 0.3 is 0 Å². The summed E-state index contributed by atoms with van der Waals surface area (Å²) in [4.78, 5) is 6.92. The maximum absolute atomic E-state index is 6.17. The van der Waals surface area contributed by atoms with Crippen molar-refractivity contribution >= 4 is 11.6 Å². The van der Waals surface area contributed by atoms with Crippen LogP contribution in [0.15, 0.2) is 59.6 Å². The minimum absolute atomic E-state index is 0.157. The van der Waals surface area contributed by atoms with Crippen LogP contribution in [-0.2, 0) is 4.74 Å². The Hall–Kier alpha value is -2.53. The normalized spacial score (nSPS) is 24.7. The van der Waals surface area contributed by atoms with Gasteiger partial charge in [0.25, 0.3) is 0 Å². The first kappa shape index (κ1) is 20.7. The Balaban J connectivity index is 1.31. The van der Waals surface area contributed by atoms with Crippen molar-refractivity contribution < 1.29 is 4.74 Å². The molecule has 3 unspecified atom stereocenters. The number of hydrogen-bond acceptors (Lipinski definition) is 3. The van der Waals surface area contributed by atoms with Gasteiger partial charge in [-0.3, -0.25) is 4.99 Å². The number of hydrogen-bond donors (Lipinski definition) is 2. The highest BCUT2D eigenvalue weighted by molar-refractivity contribution is 5.80. The van der Waals surface area contributed by atoms with Gasteiger partial charge in [0.2, 0.25) is 0 Å². The highest BCUT2D eigenvalue weighted by atomic mass is 16.5. The summed E-state index contributed by atoms with van der Waals surface area (Å²) in [5.74, 6) is 1.34. The smallest absolute Gasteiger partial charge is 0.191 e. The monoisotopic (exact) mass is 406 g/mol. The van der Waals surface area contributed by atoms with Gasteiger partial charge in [-0.15, -0.1) is 0 Å². The van der Waals surface area contributed by atoms with Crippen molar-refractivity contribution in [2.24, 2.45) is 10.9 Å². The summed E-state index contributed by atoms with van der Waals surface area (Å²) in [6.07, 6.45) is 3.57. The van der Waals surface area contributed by atoms with Gasteiger partial charge in [-0.2, -0.15) is 0 Å². The largest absolute Gasteiger partial charge is 0.373 e. The molecule has 0 aliphatic carbocycles. The summed E-state index contributed by atoms with van der Waals surface area (Å²) in [6, 6.07) is 19.8. The van der Waals surface area contributed by atoms with Gasteiger partial charge in [0.15, 0.2) is 5.96 Å². The molecule has 2 aromatic rings. The van der Waals surface area contributed by atoms with Gasteiger partial charge < -0.3 is 20.3 Å². The van der Waals surface area contributed by atoms with Crippen LogP contribution in [0.25, 0.3) is 0 Å². The lowest BCUT2D eigenvalue weighted by Gasteiger charge is -2.33. The van der Waals surface area contributed by atoms with Crippen LogP contribution in [0, 0.1) is 12.8 Å². The van der Waals surface area contributed by atoms with E-state index in [1.165, 1.54) is 23.2 Å². The molecule has 2 heterocycles. The third-order valence-corrected chi connectivity index (χ3v) is 6.26. The van der Waals surface area contributed by atoms with E-state index in [0.29, 0.717) is 12.0 Å². The van der Waals surface area contributed by atoms with Crippen molar-refractivity contribution in [1.82, 2.24) is 10.6 Å². The fraction of sp³-hybridized carbons (Fsp3) is 0.480. The summed E-state index contributed by atoms with van der Waals surface area (Å²) in [6.45, 7) is 5.92. The van der Waals surface area contributed by atoms with Crippen LogP contribution >= 0.6 is 0 Å². The minimum atomic E-state index is 0.157. The van der Waals surface area contributed by atoms with E-state index < -0.39 is 0 Å². The molecule has 3 atom stereocenters. The number of benzene rings is 2. The quantitative estimate of drug-likeness (QED) is 0.584. The van der Waals surface area contributed by atoms with Crippen LogP contribution < -0.4 is 15.5 Å². The summed E-state index contributed by atoms with van der Waals surface area (Å²) in [7, 11) is 1.86. The van der Waals surface area contributed by atoms with Crippen molar-refractivity contribution in [3.8, 4) is 0 Å². The second-order valence-electron chi connectivity index (χ2n) is 8.47. The lowest BCUT2D eigenvalue weighted by molar-refractivity contribution is -0.0265. The van der Waals surface area contributed by atoms with Gasteiger partial charge in [0.1, 0.15) is 0 Å². The number of nitrogens with one attached hydrogen (secondary N) is 2. The fourth-order valence-electron chi connectivity index (χ4n) is 4.54.